The molecule has 0 rings (SSSR count). The van der Waals surface area contributed by atoms with E-state index in [0.29, 0.717) is 0 Å². The molecule has 0 amide bonds. The van der Waals surface area contributed by atoms with Crippen molar-refractivity contribution in [2.24, 2.45) is 0 Å². The Kier molecular flexibility index (Phi) is 72.7. The summed E-state index contributed by atoms with van der Waals surface area (Å²) in [4.78, 5) is 58.4. The minimum atomic E-state index is -5.25. The maximum absolute atomic E-state index is 10.1. The number of rotatable bonds is 8. The van der Waals surface area contributed by atoms with Crippen LogP contribution in [0.3, 0.4) is 0 Å². The normalized spacial score (nSPS) is 14.0. The first kappa shape index (κ1) is 61.0. The van der Waals surface area contributed by atoms with Crippen molar-refractivity contribution in [3.8, 4) is 0 Å². The van der Waals surface area contributed by atoms with Gasteiger partial charge in [0.15, 0.2) is 0 Å². The fourth-order valence-electron chi connectivity index (χ4n) is 0.356. The molecule has 0 bridgehead atoms. The molecular weight excluding hydrogens is 627 g/mol. The van der Waals surface area contributed by atoms with E-state index in [1.165, 1.54) is 6.38 Å². The van der Waals surface area contributed by atoms with E-state index in [9.17, 15) is 56.8 Å². The summed E-state index contributed by atoms with van der Waals surface area (Å²) in [5, 5.41) is 0. The Labute approximate surface area is 311 Å². The number of phosphoric acid groups is 2. The Morgan fingerprint density at radius 1 is 0.533 bits per heavy atom. The first-order valence-electron chi connectivity index (χ1n) is 4.03. The number of halogens is 1. The van der Waals surface area contributed by atoms with E-state index in [0.717, 1.165) is 0 Å². The first-order chi connectivity index (χ1) is 10.7. The van der Waals surface area contributed by atoms with Crippen LogP contribution in [0.5, 0.6) is 0 Å². The third-order valence-electron chi connectivity index (χ3n) is 0.667. The Hall–Kier alpha value is 6.75. The van der Waals surface area contributed by atoms with Crippen LogP contribution < -0.4 is 207 Å². The second-order valence-electron chi connectivity index (χ2n) is 2.12. The van der Waals surface area contributed by atoms with Crippen LogP contribution >= 0.6 is 60.3 Å². The van der Waals surface area contributed by atoms with Crippen molar-refractivity contribution in [2.75, 3.05) is 6.38 Å². The van der Waals surface area contributed by atoms with Crippen molar-refractivity contribution in [2.45, 2.75) is 0 Å². The zero-order valence-corrected chi connectivity index (χ0v) is 34.7. The number of hydrogen-bond donors (Lipinski definition) is 0. The molecule has 0 aromatic rings. The predicted molar refractivity (Wildman–Crippen MR) is 61.8 cm³/mol. The van der Waals surface area contributed by atoms with Crippen molar-refractivity contribution in [3.63, 3.8) is 0 Å². The molecule has 0 saturated carbocycles. The van der Waals surface area contributed by atoms with Gasteiger partial charge in [0.2, 0.25) is 0 Å². The molecule has 0 aliphatic heterocycles. The molecule has 0 N–H and O–H groups in total. The third-order valence-corrected chi connectivity index (χ3v) is 6.00. The van der Waals surface area contributed by atoms with Crippen LogP contribution in [0.1, 0.15) is 0 Å². The molecule has 30 heavy (non-hydrogen) atoms. The van der Waals surface area contributed by atoms with Gasteiger partial charge in [-0.1, -0.05) is 17.2 Å². The van der Waals surface area contributed by atoms with Crippen LogP contribution in [0.4, 0.5) is 0 Å². The average molecular weight is 630 g/mol. The third kappa shape index (κ3) is 55.3. The van der Waals surface area contributed by atoms with Gasteiger partial charge in [-0.2, -0.15) is 0 Å². The van der Waals surface area contributed by atoms with E-state index in [2.05, 4.69) is 28.8 Å². The summed E-state index contributed by atoms with van der Waals surface area (Å²) in [6, 6.07) is 0. The molecule has 4 atom stereocenters. The fraction of sp³-hybridized carbons (Fsp3) is 1.00. The zero-order valence-electron chi connectivity index (χ0n) is 16.6. The monoisotopic (exact) mass is 630 g/mol. The van der Waals surface area contributed by atoms with Gasteiger partial charge in [-0.25, -0.2) is 0 Å². The molecule has 0 heterocycles. The van der Waals surface area contributed by atoms with Crippen LogP contribution in [0.25, 0.3) is 0 Å². The van der Waals surface area contributed by atoms with Crippen molar-refractivity contribution in [1.29, 1.82) is 0 Å². The Balaban J connectivity index is -0.0000000327. The summed E-state index contributed by atoms with van der Waals surface area (Å²) in [7, 11) is -25.2. The first-order valence-corrected chi connectivity index (χ1v) is 12.1. The van der Waals surface area contributed by atoms with Crippen molar-refractivity contribution >= 4 is 60.3 Å². The Morgan fingerprint density at radius 3 is 0.700 bits per heavy atom. The summed E-state index contributed by atoms with van der Waals surface area (Å²) < 4.78 is 70.8. The molecule has 0 aliphatic carbocycles. The standard InChI is InChI=1S/CH3Cl.6Na.2HO8P3/c1-2;;;;;;;2*1-9(2)7-11(5,6)8-10(3)4/h1H3;;;;;;;2*(H,5,6)/q;6*+1;;/p-2. The van der Waals surface area contributed by atoms with Gasteiger partial charge in [0.05, 0.1) is 0 Å². The van der Waals surface area contributed by atoms with Gasteiger partial charge in [-0.05, 0) is 18.3 Å². The van der Waals surface area contributed by atoms with Gasteiger partial charge < -0.3 is 29.4 Å². The molecule has 0 spiro atoms. The molecule has 29 heteroatoms. The predicted octanol–water partition coefficient (Wildman–Crippen LogP) is -20.1. The van der Waals surface area contributed by atoms with Crippen LogP contribution in [0, 0.1) is 0 Å². The molecular formula is CH3ClNa6O16P6+4. The van der Waals surface area contributed by atoms with Crippen LogP contribution in [0.2, 0.25) is 0 Å². The van der Waals surface area contributed by atoms with Crippen molar-refractivity contribution < 1.29 is 251 Å². The molecule has 0 aromatic heterocycles. The molecule has 4 unspecified atom stereocenters. The van der Waals surface area contributed by atoms with Gasteiger partial charge in [-0.15, -0.1) is 11.6 Å². The molecule has 0 saturated heterocycles. The second kappa shape index (κ2) is 35.8. The van der Waals surface area contributed by atoms with Gasteiger partial charge in [-0.3, -0.25) is 9.13 Å². The Morgan fingerprint density at radius 2 is 0.633 bits per heavy atom. The summed E-state index contributed by atoms with van der Waals surface area (Å²) >= 11 is 4.64. The second-order valence-corrected chi connectivity index (χ2v) is 8.31. The maximum atomic E-state index is 10.1. The van der Waals surface area contributed by atoms with Crippen LogP contribution in [-0.2, 0) is 44.6 Å². The number of hydrogen-bond acceptors (Lipinski definition) is 16. The van der Waals surface area contributed by atoms with E-state index in [-0.39, 0.29) is 177 Å². The molecule has 16 nitrogen and oxygen atoms in total. The molecule has 0 radical (unpaired) electrons. The minimum Gasteiger partial charge on any atom is -0.750 e. The Bertz CT molecular complexity index is 472. The zero-order chi connectivity index (χ0) is 20.1. The number of alkyl halides is 1. The summed E-state index contributed by atoms with van der Waals surface area (Å²) in [5.41, 5.74) is 0. The summed E-state index contributed by atoms with van der Waals surface area (Å²) in [5.74, 6) is 0. The van der Waals surface area contributed by atoms with E-state index >= 15 is 0 Å². The average Bonchev–Trinajstić information content (AvgIpc) is 2.24. The minimum absolute atomic E-state index is 0. The van der Waals surface area contributed by atoms with Crippen LogP contribution in [0.15, 0.2) is 0 Å². The summed E-state index contributed by atoms with van der Waals surface area (Å²) in [6.45, 7) is 0. The van der Waals surface area contributed by atoms with Crippen molar-refractivity contribution in [1.82, 2.24) is 0 Å². The maximum Gasteiger partial charge on any atom is 1.00 e. The van der Waals surface area contributed by atoms with E-state index in [1.807, 2.05) is 0 Å². The quantitative estimate of drug-likeness (QED) is 0.137. The van der Waals surface area contributed by atoms with E-state index in [1.54, 1.807) is 0 Å². The molecule has 142 valence electrons. The molecule has 0 aliphatic rings. The largest absolute Gasteiger partial charge is 1.00 e. The van der Waals surface area contributed by atoms with Crippen LogP contribution in [-0.4, -0.2) is 6.38 Å². The smallest absolute Gasteiger partial charge is 0.750 e. The molecule has 0 fully saturated rings. The topological polar surface area (TPSA) is 278 Å². The van der Waals surface area contributed by atoms with E-state index in [4.69, 9.17) is 0 Å². The van der Waals surface area contributed by atoms with Crippen molar-refractivity contribution in [3.05, 3.63) is 0 Å². The molecule has 0 aromatic carbocycles. The van der Waals surface area contributed by atoms with Gasteiger partial charge in [0, 0.05) is 6.38 Å². The van der Waals surface area contributed by atoms with Gasteiger partial charge in [0.1, 0.15) is 0 Å². The summed E-state index contributed by atoms with van der Waals surface area (Å²) in [6.07, 6.45) is 1.47. The van der Waals surface area contributed by atoms with Gasteiger partial charge >= 0.3 is 226 Å². The fourth-order valence-corrected chi connectivity index (χ4v) is 3.74. The SMILES string of the molecule is CCl.O=[P+]([O-])OP(=O)([O-])O[P+](=O)[O-].O=[P+]([O-])OP(=O)([O-])O[P+](=O)[O-].[Na+].[Na+].[Na+].[Na+].[Na+].[Na+]. The van der Waals surface area contributed by atoms with E-state index < -0.39 is 48.7 Å². The van der Waals surface area contributed by atoms with Gasteiger partial charge in [0.25, 0.3) is 0 Å².